The minimum absolute atomic E-state index is 0.321. The molecule has 1 atom stereocenters. The van der Waals surface area contributed by atoms with Gasteiger partial charge in [0.2, 0.25) is 5.82 Å². The summed E-state index contributed by atoms with van der Waals surface area (Å²) in [6.45, 7) is 5.29. The van der Waals surface area contributed by atoms with Crippen LogP contribution in [0.15, 0.2) is 0 Å². The van der Waals surface area contributed by atoms with Gasteiger partial charge in [0, 0.05) is 11.6 Å². The fourth-order valence-corrected chi connectivity index (χ4v) is 1.79. The molecule has 1 unspecified atom stereocenters. The lowest BCUT2D eigenvalue weighted by Gasteiger charge is -2.23. The third-order valence-corrected chi connectivity index (χ3v) is 2.65. The van der Waals surface area contributed by atoms with Crippen LogP contribution in [0.1, 0.15) is 32.4 Å². The van der Waals surface area contributed by atoms with Gasteiger partial charge in [0.25, 0.3) is 0 Å². The number of nitrogens with one attached hydrogen (secondary N) is 1. The number of benzene rings is 1. The summed E-state index contributed by atoms with van der Waals surface area (Å²) in [5.41, 5.74) is -0.803. The van der Waals surface area contributed by atoms with Crippen LogP contribution in [-0.2, 0) is 0 Å². The van der Waals surface area contributed by atoms with Crippen molar-refractivity contribution in [1.29, 1.82) is 0 Å². The molecule has 1 rings (SSSR count). The Bertz CT molecular complexity index is 416. The van der Waals surface area contributed by atoms with Crippen molar-refractivity contribution in [3.8, 4) is 0 Å². The monoisotopic (exact) mass is 267 g/mol. The van der Waals surface area contributed by atoms with Gasteiger partial charge in [0.05, 0.1) is 0 Å². The first-order valence-corrected chi connectivity index (χ1v) is 5.57. The van der Waals surface area contributed by atoms with Gasteiger partial charge in [-0.25, -0.2) is 22.0 Å². The first-order chi connectivity index (χ1) is 8.32. The lowest BCUT2D eigenvalue weighted by atomic mass is 9.94. The van der Waals surface area contributed by atoms with E-state index in [2.05, 4.69) is 5.32 Å². The molecule has 0 spiro atoms. The molecule has 0 bridgehead atoms. The average molecular weight is 267 g/mol. The van der Waals surface area contributed by atoms with E-state index in [9.17, 15) is 22.0 Å². The smallest absolute Gasteiger partial charge is 0.200 e. The average Bonchev–Trinajstić information content (AvgIpc) is 2.33. The van der Waals surface area contributed by atoms with Crippen LogP contribution in [0, 0.1) is 35.0 Å². The third-order valence-electron chi connectivity index (χ3n) is 2.65. The highest BCUT2D eigenvalue weighted by Crippen LogP contribution is 2.31. The highest BCUT2D eigenvalue weighted by atomic mass is 19.2. The van der Waals surface area contributed by atoms with Gasteiger partial charge in [0.1, 0.15) is 0 Å². The van der Waals surface area contributed by atoms with Gasteiger partial charge in [-0.2, -0.15) is 0 Å². The van der Waals surface area contributed by atoms with Crippen molar-refractivity contribution in [3.63, 3.8) is 0 Å². The van der Waals surface area contributed by atoms with Gasteiger partial charge in [-0.3, -0.25) is 0 Å². The second-order valence-electron chi connectivity index (χ2n) is 4.26. The molecule has 102 valence electrons. The maximum Gasteiger partial charge on any atom is 0.200 e. The van der Waals surface area contributed by atoms with E-state index >= 15 is 0 Å². The lowest BCUT2D eigenvalue weighted by Crippen LogP contribution is -2.28. The predicted molar refractivity (Wildman–Crippen MR) is 57.5 cm³/mol. The largest absolute Gasteiger partial charge is 0.310 e. The van der Waals surface area contributed by atoms with Crippen LogP contribution in [0.2, 0.25) is 0 Å². The highest BCUT2D eigenvalue weighted by molar-refractivity contribution is 5.27. The second-order valence-corrected chi connectivity index (χ2v) is 4.26. The Morgan fingerprint density at radius 2 is 1.22 bits per heavy atom. The molecule has 0 heterocycles. The Morgan fingerprint density at radius 3 is 1.56 bits per heavy atom. The summed E-state index contributed by atoms with van der Waals surface area (Å²) in [7, 11) is 0. The van der Waals surface area contributed by atoms with Crippen molar-refractivity contribution in [3.05, 3.63) is 34.6 Å². The van der Waals surface area contributed by atoms with Crippen LogP contribution in [0.4, 0.5) is 22.0 Å². The summed E-state index contributed by atoms with van der Waals surface area (Å²) in [6.07, 6.45) is 0. The molecule has 18 heavy (non-hydrogen) atoms. The molecule has 0 aliphatic rings. The summed E-state index contributed by atoms with van der Waals surface area (Å²) in [4.78, 5) is 0. The number of hydrogen-bond donors (Lipinski definition) is 1. The molecule has 1 aromatic rings. The van der Waals surface area contributed by atoms with Crippen LogP contribution in [0.3, 0.4) is 0 Å². The summed E-state index contributed by atoms with van der Waals surface area (Å²) < 4.78 is 66.2. The van der Waals surface area contributed by atoms with Gasteiger partial charge in [-0.1, -0.05) is 20.8 Å². The van der Waals surface area contributed by atoms with E-state index in [1.54, 1.807) is 20.8 Å². The second kappa shape index (κ2) is 5.65. The first kappa shape index (κ1) is 14.9. The first-order valence-electron chi connectivity index (χ1n) is 5.57. The highest BCUT2D eigenvalue weighted by Gasteiger charge is 2.31. The summed E-state index contributed by atoms with van der Waals surface area (Å²) in [5.74, 6) is -9.82. The molecule has 1 aromatic carbocycles. The third kappa shape index (κ3) is 2.48. The van der Waals surface area contributed by atoms with Crippen LogP contribution < -0.4 is 5.32 Å². The quantitative estimate of drug-likeness (QED) is 0.498. The maximum absolute atomic E-state index is 13.6. The van der Waals surface area contributed by atoms with Crippen molar-refractivity contribution >= 4 is 0 Å². The lowest BCUT2D eigenvalue weighted by molar-refractivity contribution is 0.334. The Labute approximate surface area is 102 Å². The van der Waals surface area contributed by atoms with E-state index in [-0.39, 0.29) is 5.92 Å². The van der Waals surface area contributed by atoms with E-state index < -0.39 is 40.7 Å². The Morgan fingerprint density at radius 1 is 0.833 bits per heavy atom. The van der Waals surface area contributed by atoms with E-state index in [4.69, 9.17) is 0 Å². The maximum atomic E-state index is 13.6. The van der Waals surface area contributed by atoms with Crippen molar-refractivity contribution < 1.29 is 22.0 Å². The molecule has 1 N–H and O–H groups in total. The van der Waals surface area contributed by atoms with E-state index in [1.165, 1.54) is 0 Å². The standard InChI is InChI=1S/C12H14F5N/c1-4-18-12(5(2)3)6-7(13)9(15)11(17)10(16)8(6)14/h5,12,18H,4H2,1-3H3. The topological polar surface area (TPSA) is 12.0 Å². The molecular weight excluding hydrogens is 253 g/mol. The van der Waals surface area contributed by atoms with Gasteiger partial charge in [0.15, 0.2) is 23.3 Å². The zero-order chi connectivity index (χ0) is 14.0. The van der Waals surface area contributed by atoms with E-state index in [0.29, 0.717) is 6.54 Å². The number of rotatable bonds is 4. The van der Waals surface area contributed by atoms with Crippen LogP contribution in [0.25, 0.3) is 0 Å². The zero-order valence-electron chi connectivity index (χ0n) is 10.3. The molecule has 0 aliphatic carbocycles. The van der Waals surface area contributed by atoms with Gasteiger partial charge >= 0.3 is 0 Å². The Balaban J connectivity index is 3.47. The van der Waals surface area contributed by atoms with Crippen molar-refractivity contribution in [2.24, 2.45) is 5.92 Å². The van der Waals surface area contributed by atoms with Crippen LogP contribution in [-0.4, -0.2) is 6.54 Å². The minimum atomic E-state index is -2.13. The normalized spacial score (nSPS) is 13.2. The van der Waals surface area contributed by atoms with E-state index in [1.807, 2.05) is 0 Å². The fraction of sp³-hybridized carbons (Fsp3) is 0.500. The summed E-state index contributed by atoms with van der Waals surface area (Å²) in [5, 5.41) is 2.72. The molecular formula is C12H14F5N. The molecule has 0 saturated heterocycles. The molecule has 1 nitrogen and oxygen atoms in total. The molecule has 0 fully saturated rings. The minimum Gasteiger partial charge on any atom is -0.310 e. The predicted octanol–water partition coefficient (Wildman–Crippen LogP) is 3.69. The van der Waals surface area contributed by atoms with E-state index in [0.717, 1.165) is 0 Å². The van der Waals surface area contributed by atoms with Crippen molar-refractivity contribution in [2.75, 3.05) is 6.54 Å². The molecule has 0 aliphatic heterocycles. The molecule has 0 saturated carbocycles. The molecule has 0 aromatic heterocycles. The van der Waals surface area contributed by atoms with Gasteiger partial charge in [-0.15, -0.1) is 0 Å². The SMILES string of the molecule is CCNC(c1c(F)c(F)c(F)c(F)c1F)C(C)C. The zero-order valence-corrected chi connectivity index (χ0v) is 10.3. The molecule has 0 amide bonds. The van der Waals surface area contributed by atoms with Crippen LogP contribution >= 0.6 is 0 Å². The van der Waals surface area contributed by atoms with Crippen LogP contribution in [0.5, 0.6) is 0 Å². The Kier molecular flexibility index (Phi) is 4.67. The number of hydrogen-bond acceptors (Lipinski definition) is 1. The molecule has 6 heteroatoms. The van der Waals surface area contributed by atoms with Gasteiger partial charge < -0.3 is 5.32 Å². The summed E-state index contributed by atoms with van der Waals surface area (Å²) in [6, 6.07) is -0.931. The Hall–Kier alpha value is -1.17. The van der Waals surface area contributed by atoms with Gasteiger partial charge in [-0.05, 0) is 12.5 Å². The fourth-order valence-electron chi connectivity index (χ4n) is 1.79. The molecule has 0 radical (unpaired) electrons. The summed E-state index contributed by atoms with van der Waals surface area (Å²) >= 11 is 0. The van der Waals surface area contributed by atoms with Crippen molar-refractivity contribution in [2.45, 2.75) is 26.8 Å². The van der Waals surface area contributed by atoms with Crippen molar-refractivity contribution in [1.82, 2.24) is 5.32 Å². The number of halogens is 5.